The third kappa shape index (κ3) is 6.95. The van der Waals surface area contributed by atoms with Gasteiger partial charge in [0.1, 0.15) is 23.8 Å². The molecule has 212 valence electrons. The number of nitrogens with zero attached hydrogens (tertiary/aromatic N) is 2. The minimum Gasteiger partial charge on any atom is -0.480 e. The summed E-state index contributed by atoms with van der Waals surface area (Å²) in [5.41, 5.74) is 3.07. The minimum absolute atomic E-state index is 0.0509. The lowest BCUT2D eigenvalue weighted by molar-refractivity contribution is -0.177. The van der Waals surface area contributed by atoms with Crippen molar-refractivity contribution in [3.8, 4) is 0 Å². The molecule has 2 saturated heterocycles. The summed E-state index contributed by atoms with van der Waals surface area (Å²) in [6.07, 6.45) is 5.29. The smallest absolute Gasteiger partial charge is 0.325 e. The maximum absolute atomic E-state index is 14.4. The number of carboxylic acids is 1. The Morgan fingerprint density at radius 2 is 2.18 bits per heavy atom. The molecule has 4 heterocycles. The van der Waals surface area contributed by atoms with Gasteiger partial charge in [0.15, 0.2) is 0 Å². The van der Waals surface area contributed by atoms with E-state index in [1.807, 2.05) is 18.7 Å². The summed E-state index contributed by atoms with van der Waals surface area (Å²) in [6, 6.07) is 7.64. The summed E-state index contributed by atoms with van der Waals surface area (Å²) in [5.74, 6) is -0.443. The van der Waals surface area contributed by atoms with Gasteiger partial charge in [-0.3, -0.25) is 9.69 Å². The van der Waals surface area contributed by atoms with Crippen LogP contribution in [0.2, 0.25) is 0 Å². The van der Waals surface area contributed by atoms with Crippen LogP contribution >= 0.6 is 0 Å². The molecule has 0 amide bonds. The highest BCUT2D eigenvalue weighted by molar-refractivity contribution is 5.76. The molecule has 39 heavy (non-hydrogen) atoms. The Hall–Kier alpha value is -2.59. The number of benzene rings is 1. The number of ether oxygens (including phenoxy) is 3. The second-order valence-corrected chi connectivity index (χ2v) is 11.5. The van der Waals surface area contributed by atoms with Gasteiger partial charge in [-0.15, -0.1) is 0 Å². The van der Waals surface area contributed by atoms with Crippen LogP contribution in [0, 0.1) is 5.82 Å². The average Bonchev–Trinajstić information content (AvgIpc) is 3.37. The molecule has 8 nitrogen and oxygen atoms in total. The monoisotopic (exact) mass is 541 g/mol. The predicted molar refractivity (Wildman–Crippen MR) is 145 cm³/mol. The van der Waals surface area contributed by atoms with Crippen LogP contribution in [0.15, 0.2) is 30.3 Å². The molecule has 0 bridgehead atoms. The molecule has 2 aromatic rings. The Balaban J connectivity index is 1.14. The van der Waals surface area contributed by atoms with Crippen LogP contribution in [-0.4, -0.2) is 72.1 Å². The number of anilines is 1. The van der Waals surface area contributed by atoms with E-state index in [4.69, 9.17) is 19.2 Å². The molecule has 5 rings (SSSR count). The van der Waals surface area contributed by atoms with Gasteiger partial charge >= 0.3 is 5.97 Å². The van der Waals surface area contributed by atoms with Gasteiger partial charge in [-0.1, -0.05) is 12.1 Å². The molecule has 2 N–H and O–H groups in total. The van der Waals surface area contributed by atoms with Gasteiger partial charge in [-0.2, -0.15) is 0 Å². The molecule has 3 aliphatic heterocycles. The largest absolute Gasteiger partial charge is 0.480 e. The van der Waals surface area contributed by atoms with E-state index in [1.54, 1.807) is 6.07 Å². The van der Waals surface area contributed by atoms with Crippen LogP contribution in [0.5, 0.6) is 0 Å². The van der Waals surface area contributed by atoms with Crippen LogP contribution in [0.1, 0.15) is 74.1 Å². The summed E-state index contributed by atoms with van der Waals surface area (Å²) >= 11 is 0. The molecular weight excluding hydrogens is 501 g/mol. The molecule has 9 heteroatoms. The Bertz CT molecular complexity index is 1150. The molecule has 0 spiro atoms. The van der Waals surface area contributed by atoms with E-state index < -0.39 is 29.5 Å². The number of carboxylic acid groups (broad SMARTS) is 1. The molecule has 0 radical (unpaired) electrons. The van der Waals surface area contributed by atoms with Crippen molar-refractivity contribution in [1.82, 2.24) is 9.88 Å². The Morgan fingerprint density at radius 1 is 1.31 bits per heavy atom. The summed E-state index contributed by atoms with van der Waals surface area (Å²) < 4.78 is 32.4. The molecule has 2 fully saturated rings. The maximum Gasteiger partial charge on any atom is 0.325 e. The number of carbonyl (C=O) groups is 1. The summed E-state index contributed by atoms with van der Waals surface area (Å²) in [4.78, 5) is 19.1. The van der Waals surface area contributed by atoms with Crippen LogP contribution in [0.3, 0.4) is 0 Å². The number of aliphatic carboxylic acids is 1. The minimum atomic E-state index is -1.01. The van der Waals surface area contributed by atoms with Crippen molar-refractivity contribution in [3.05, 3.63) is 58.5 Å². The van der Waals surface area contributed by atoms with Crippen molar-refractivity contribution in [1.29, 1.82) is 0 Å². The van der Waals surface area contributed by atoms with Crippen LogP contribution in [0.4, 0.5) is 10.2 Å². The van der Waals surface area contributed by atoms with Crippen molar-refractivity contribution in [2.45, 2.75) is 76.2 Å². The fourth-order valence-corrected chi connectivity index (χ4v) is 5.72. The highest BCUT2D eigenvalue weighted by Crippen LogP contribution is 2.36. The van der Waals surface area contributed by atoms with E-state index in [0.29, 0.717) is 44.0 Å². The second kappa shape index (κ2) is 12.3. The van der Waals surface area contributed by atoms with Gasteiger partial charge in [0.25, 0.3) is 0 Å². The number of rotatable bonds is 10. The van der Waals surface area contributed by atoms with Gasteiger partial charge in [0.2, 0.25) is 0 Å². The fourth-order valence-electron chi connectivity index (χ4n) is 5.72. The zero-order valence-electron chi connectivity index (χ0n) is 23.0. The number of aromatic nitrogens is 1. The van der Waals surface area contributed by atoms with Gasteiger partial charge < -0.3 is 24.6 Å². The van der Waals surface area contributed by atoms with E-state index in [1.165, 1.54) is 17.7 Å². The van der Waals surface area contributed by atoms with Crippen molar-refractivity contribution >= 4 is 11.8 Å². The molecule has 3 unspecified atom stereocenters. The van der Waals surface area contributed by atoms with Crippen molar-refractivity contribution in [3.63, 3.8) is 0 Å². The Labute approximate surface area is 229 Å². The van der Waals surface area contributed by atoms with E-state index in [0.717, 1.165) is 56.6 Å². The van der Waals surface area contributed by atoms with Gasteiger partial charge in [-0.25, -0.2) is 9.37 Å². The Morgan fingerprint density at radius 3 is 2.97 bits per heavy atom. The first-order valence-corrected chi connectivity index (χ1v) is 14.1. The quantitative estimate of drug-likeness (QED) is 0.419. The first-order chi connectivity index (χ1) is 18.8. The Kier molecular flexibility index (Phi) is 8.81. The topological polar surface area (TPSA) is 93.2 Å². The van der Waals surface area contributed by atoms with E-state index in [2.05, 4.69) is 17.4 Å². The third-order valence-corrected chi connectivity index (χ3v) is 7.86. The van der Waals surface area contributed by atoms with Crippen molar-refractivity contribution in [2.75, 3.05) is 44.8 Å². The molecular formula is C30H40FN3O5. The van der Waals surface area contributed by atoms with Gasteiger partial charge in [0, 0.05) is 31.9 Å². The molecule has 0 aliphatic carbocycles. The molecule has 0 saturated carbocycles. The number of unbranched alkanes of at least 4 members (excludes halogenated alkanes) is 1. The average molecular weight is 542 g/mol. The lowest BCUT2D eigenvalue weighted by Gasteiger charge is -2.36. The molecule has 1 aromatic heterocycles. The highest BCUT2D eigenvalue weighted by Gasteiger charge is 2.38. The number of hydrogen-bond donors (Lipinski definition) is 2. The summed E-state index contributed by atoms with van der Waals surface area (Å²) in [5, 5.41) is 13.6. The number of pyridine rings is 1. The third-order valence-electron chi connectivity index (χ3n) is 7.86. The van der Waals surface area contributed by atoms with Gasteiger partial charge in [0.05, 0.1) is 24.9 Å². The van der Waals surface area contributed by atoms with Crippen molar-refractivity contribution in [2.24, 2.45) is 0 Å². The van der Waals surface area contributed by atoms with Crippen LogP contribution in [-0.2, 0) is 31.8 Å². The zero-order valence-corrected chi connectivity index (χ0v) is 23.0. The SMILES string of the molecule is CC1(C)COC(c2ccc(F)cc2C(C(=O)O)N2CCC(OCCCCc3ccc4c(n3)NCCC4)C2)CO1. The van der Waals surface area contributed by atoms with E-state index in [-0.39, 0.29) is 6.10 Å². The lowest BCUT2D eigenvalue weighted by Crippen LogP contribution is -2.40. The van der Waals surface area contributed by atoms with Crippen molar-refractivity contribution < 1.29 is 28.5 Å². The van der Waals surface area contributed by atoms with Gasteiger partial charge in [-0.05, 0) is 87.3 Å². The lowest BCUT2D eigenvalue weighted by atomic mass is 9.94. The number of likely N-dealkylation sites (tertiary alicyclic amines) is 1. The maximum atomic E-state index is 14.4. The van der Waals surface area contributed by atoms with Crippen LogP contribution < -0.4 is 5.32 Å². The zero-order chi connectivity index (χ0) is 27.4. The molecule has 1 aromatic carbocycles. The predicted octanol–water partition coefficient (Wildman–Crippen LogP) is 4.68. The standard InChI is InChI=1S/C30H40FN3O5/c1-30(2)19-38-26(18-39-30)24-11-9-21(31)16-25(24)27(29(35)36)34-14-12-23(17-34)37-15-4-3-7-22-10-8-20-6-5-13-32-28(20)33-22/h8-11,16,23,26-27H,3-7,12-15,17-19H2,1-2H3,(H,32,33)(H,35,36). The highest BCUT2D eigenvalue weighted by atomic mass is 19.1. The second-order valence-electron chi connectivity index (χ2n) is 11.5. The normalized spacial score (nSPS) is 23.7. The number of hydrogen-bond acceptors (Lipinski definition) is 7. The number of aryl methyl sites for hydroxylation is 2. The number of fused-ring (bicyclic) bond motifs is 1. The first-order valence-electron chi connectivity index (χ1n) is 14.1. The molecule has 3 atom stereocenters. The van der Waals surface area contributed by atoms with E-state index in [9.17, 15) is 14.3 Å². The first kappa shape index (κ1) is 28.0. The summed E-state index contributed by atoms with van der Waals surface area (Å²) in [6.45, 7) is 7.22. The van der Waals surface area contributed by atoms with E-state index >= 15 is 0 Å². The molecule has 3 aliphatic rings. The fraction of sp³-hybridized carbons (Fsp3) is 0.600. The number of halogens is 1. The number of nitrogens with one attached hydrogen (secondary N) is 1. The summed E-state index contributed by atoms with van der Waals surface area (Å²) in [7, 11) is 0. The van der Waals surface area contributed by atoms with Crippen LogP contribution in [0.25, 0.3) is 0 Å².